The number of thiophene rings is 1. The fourth-order valence-corrected chi connectivity index (χ4v) is 2.88. The molecule has 1 saturated heterocycles. The largest absolute Gasteiger partial charge is 0.378 e. The molecule has 2 heterocycles. The highest BCUT2D eigenvalue weighted by Gasteiger charge is 2.28. The molecule has 5 N–H and O–H groups in total. The van der Waals surface area contributed by atoms with E-state index < -0.39 is 11.9 Å². The maximum atomic E-state index is 11.4. The van der Waals surface area contributed by atoms with E-state index in [9.17, 15) is 9.59 Å². The summed E-state index contributed by atoms with van der Waals surface area (Å²) >= 11 is 1.35. The first-order valence-electron chi connectivity index (χ1n) is 5.82. The smallest absolute Gasteiger partial charge is 0.275 e. The van der Waals surface area contributed by atoms with Gasteiger partial charge < -0.3 is 10.5 Å². The number of nitrogens with two attached hydrogens (primary N) is 2. The third kappa shape index (κ3) is 3.29. The number of amides is 2. The Hall–Kier alpha value is -1.48. The van der Waals surface area contributed by atoms with Crippen molar-refractivity contribution in [1.82, 2.24) is 10.3 Å². The van der Waals surface area contributed by atoms with Gasteiger partial charge in [-0.15, -0.1) is 11.3 Å². The lowest BCUT2D eigenvalue weighted by molar-refractivity contribution is -0.129. The van der Waals surface area contributed by atoms with Crippen LogP contribution in [0.4, 0.5) is 0 Å². The van der Waals surface area contributed by atoms with E-state index in [1.54, 1.807) is 6.07 Å². The number of hydrogen-bond acceptors (Lipinski definition) is 6. The monoisotopic (exact) mass is 284 g/mol. The van der Waals surface area contributed by atoms with Crippen LogP contribution in [0.1, 0.15) is 14.5 Å². The van der Waals surface area contributed by atoms with Crippen molar-refractivity contribution in [3.05, 3.63) is 21.9 Å². The molecule has 0 spiro atoms. The predicted octanol–water partition coefficient (Wildman–Crippen LogP) is -0.962. The molecule has 1 atom stereocenters. The first-order valence-corrected chi connectivity index (χ1v) is 6.64. The van der Waals surface area contributed by atoms with Crippen molar-refractivity contribution >= 4 is 23.2 Å². The summed E-state index contributed by atoms with van der Waals surface area (Å²) in [5.74, 6) is 4.37. The van der Waals surface area contributed by atoms with Gasteiger partial charge in [0.25, 0.3) is 5.91 Å². The van der Waals surface area contributed by atoms with Crippen LogP contribution in [0.3, 0.4) is 0 Å². The van der Waals surface area contributed by atoms with Crippen molar-refractivity contribution in [2.75, 3.05) is 19.8 Å². The second kappa shape index (κ2) is 6.11. The second-order valence-corrected chi connectivity index (χ2v) is 5.37. The van der Waals surface area contributed by atoms with Crippen LogP contribution in [-0.2, 0) is 16.1 Å². The normalized spacial score (nSPS) is 20.2. The molecule has 1 aromatic rings. The number of primary amides is 1. The molecule has 104 valence electrons. The summed E-state index contributed by atoms with van der Waals surface area (Å²) in [7, 11) is 0. The number of carbonyl (C=O) groups excluding carboxylic acids is 2. The minimum Gasteiger partial charge on any atom is -0.378 e. The van der Waals surface area contributed by atoms with Crippen LogP contribution < -0.4 is 17.0 Å². The average molecular weight is 284 g/mol. The topological polar surface area (TPSA) is 111 Å². The van der Waals surface area contributed by atoms with Gasteiger partial charge in [0.2, 0.25) is 5.91 Å². The number of hydrogen-bond donors (Lipinski definition) is 3. The van der Waals surface area contributed by atoms with E-state index >= 15 is 0 Å². The Kier molecular flexibility index (Phi) is 4.48. The molecule has 0 radical (unpaired) electrons. The van der Waals surface area contributed by atoms with Crippen LogP contribution in [0.2, 0.25) is 0 Å². The molecule has 1 aromatic heterocycles. The van der Waals surface area contributed by atoms with Gasteiger partial charge in [0, 0.05) is 18.0 Å². The molecular weight excluding hydrogens is 268 g/mol. The summed E-state index contributed by atoms with van der Waals surface area (Å²) in [5.41, 5.74) is 7.44. The zero-order valence-electron chi connectivity index (χ0n) is 10.3. The Morgan fingerprint density at radius 3 is 3.00 bits per heavy atom. The van der Waals surface area contributed by atoms with Crippen LogP contribution in [0.25, 0.3) is 0 Å². The van der Waals surface area contributed by atoms with Crippen LogP contribution >= 0.6 is 11.3 Å². The minimum absolute atomic E-state index is 0.315. The van der Waals surface area contributed by atoms with Gasteiger partial charge >= 0.3 is 0 Å². The fourth-order valence-electron chi connectivity index (χ4n) is 1.95. The van der Waals surface area contributed by atoms with Crippen molar-refractivity contribution in [3.63, 3.8) is 0 Å². The first-order chi connectivity index (χ1) is 9.11. The molecule has 8 heteroatoms. The van der Waals surface area contributed by atoms with Crippen molar-refractivity contribution in [1.29, 1.82) is 0 Å². The number of nitrogens with zero attached hydrogens (tertiary/aromatic N) is 1. The average Bonchev–Trinajstić information content (AvgIpc) is 2.86. The minimum atomic E-state index is -0.414. The number of carbonyl (C=O) groups is 2. The zero-order valence-corrected chi connectivity index (χ0v) is 11.1. The summed E-state index contributed by atoms with van der Waals surface area (Å²) in [4.78, 5) is 26.2. The van der Waals surface area contributed by atoms with Crippen molar-refractivity contribution in [2.45, 2.75) is 12.6 Å². The van der Waals surface area contributed by atoms with E-state index in [1.165, 1.54) is 11.3 Å². The highest BCUT2D eigenvalue weighted by atomic mass is 32.1. The second-order valence-electron chi connectivity index (χ2n) is 4.20. The molecular formula is C11H16N4O3S. The summed E-state index contributed by atoms with van der Waals surface area (Å²) in [5, 5.41) is 0. The molecule has 0 bridgehead atoms. The summed E-state index contributed by atoms with van der Waals surface area (Å²) in [6.07, 6.45) is 0. The van der Waals surface area contributed by atoms with Gasteiger partial charge in [-0.05, 0) is 12.1 Å². The van der Waals surface area contributed by atoms with Gasteiger partial charge in [-0.1, -0.05) is 0 Å². The highest BCUT2D eigenvalue weighted by molar-refractivity contribution is 7.14. The SMILES string of the molecule is NNC(=O)c1ccc(CN2CCOCC2C(N)=O)s1. The molecule has 1 fully saturated rings. The maximum Gasteiger partial charge on any atom is 0.275 e. The van der Waals surface area contributed by atoms with E-state index in [0.29, 0.717) is 31.2 Å². The lowest BCUT2D eigenvalue weighted by atomic mass is 10.2. The Bertz CT molecular complexity index is 476. The van der Waals surface area contributed by atoms with E-state index in [-0.39, 0.29) is 5.91 Å². The van der Waals surface area contributed by atoms with Gasteiger partial charge in [0.15, 0.2) is 0 Å². The quantitative estimate of drug-likeness (QED) is 0.374. The van der Waals surface area contributed by atoms with Gasteiger partial charge in [-0.25, -0.2) is 5.84 Å². The molecule has 1 aliphatic heterocycles. The molecule has 2 rings (SSSR count). The predicted molar refractivity (Wildman–Crippen MR) is 70.2 cm³/mol. The first kappa shape index (κ1) is 13.9. The Morgan fingerprint density at radius 1 is 1.53 bits per heavy atom. The Morgan fingerprint density at radius 2 is 2.32 bits per heavy atom. The molecule has 0 aromatic carbocycles. The zero-order chi connectivity index (χ0) is 13.8. The number of hydrazine groups is 1. The van der Waals surface area contributed by atoms with Crippen LogP contribution in [0, 0.1) is 0 Å². The Balaban J connectivity index is 2.04. The molecule has 7 nitrogen and oxygen atoms in total. The van der Waals surface area contributed by atoms with E-state index in [1.807, 2.05) is 11.0 Å². The number of nitrogen functional groups attached to an aromatic ring is 1. The number of nitrogens with one attached hydrogen (secondary N) is 1. The number of ether oxygens (including phenoxy) is 1. The number of rotatable bonds is 4. The molecule has 1 unspecified atom stereocenters. The van der Waals surface area contributed by atoms with Crippen LogP contribution in [-0.4, -0.2) is 42.5 Å². The van der Waals surface area contributed by atoms with Crippen molar-refractivity contribution in [2.24, 2.45) is 11.6 Å². The molecule has 19 heavy (non-hydrogen) atoms. The summed E-state index contributed by atoms with van der Waals surface area (Å²) in [6.45, 7) is 2.10. The van der Waals surface area contributed by atoms with Crippen LogP contribution in [0.5, 0.6) is 0 Å². The Labute approximate surface area is 114 Å². The lowest BCUT2D eigenvalue weighted by Crippen LogP contribution is -2.51. The summed E-state index contributed by atoms with van der Waals surface area (Å²) in [6, 6.07) is 3.15. The third-order valence-corrected chi connectivity index (χ3v) is 4.01. The van der Waals surface area contributed by atoms with Gasteiger partial charge in [0.1, 0.15) is 6.04 Å². The van der Waals surface area contributed by atoms with Crippen molar-refractivity contribution < 1.29 is 14.3 Å². The van der Waals surface area contributed by atoms with Crippen molar-refractivity contribution in [3.8, 4) is 0 Å². The molecule has 2 amide bonds. The number of morpholine rings is 1. The highest BCUT2D eigenvalue weighted by Crippen LogP contribution is 2.20. The molecule has 1 aliphatic rings. The van der Waals surface area contributed by atoms with E-state index in [0.717, 1.165) is 4.88 Å². The van der Waals surface area contributed by atoms with Gasteiger partial charge in [-0.2, -0.15) is 0 Å². The maximum absolute atomic E-state index is 11.4. The summed E-state index contributed by atoms with van der Waals surface area (Å²) < 4.78 is 5.25. The molecule has 0 saturated carbocycles. The van der Waals surface area contributed by atoms with Crippen LogP contribution in [0.15, 0.2) is 12.1 Å². The standard InChI is InChI=1S/C11H16N4O3S/c12-10(16)8-6-18-4-3-15(8)5-7-1-2-9(19-7)11(17)14-13/h1-2,8H,3-6,13H2,(H2,12,16)(H,14,17). The lowest BCUT2D eigenvalue weighted by Gasteiger charge is -2.32. The van der Waals surface area contributed by atoms with E-state index in [4.69, 9.17) is 16.3 Å². The van der Waals surface area contributed by atoms with Gasteiger partial charge in [0.05, 0.1) is 18.1 Å². The molecule has 0 aliphatic carbocycles. The van der Waals surface area contributed by atoms with E-state index in [2.05, 4.69) is 5.43 Å². The fraction of sp³-hybridized carbons (Fsp3) is 0.455. The van der Waals surface area contributed by atoms with Gasteiger partial charge in [-0.3, -0.25) is 19.9 Å². The third-order valence-electron chi connectivity index (χ3n) is 2.94.